The summed E-state index contributed by atoms with van der Waals surface area (Å²) in [6.07, 6.45) is 1.63. The molecule has 2 rings (SSSR count). The number of nitrogens with zero attached hydrogens (tertiary/aromatic N) is 1. The molecular weight excluding hydrogens is 244 g/mol. The minimum atomic E-state index is -0.152. The molecule has 1 heterocycles. The Morgan fingerprint density at radius 2 is 2.31 bits per heavy atom. The molecule has 3 nitrogen and oxygen atoms in total. The van der Waals surface area contributed by atoms with E-state index in [1.54, 1.807) is 24.3 Å². The number of nitrogens with one attached hydrogen (secondary N) is 1. The number of rotatable bonds is 2. The molecule has 0 bridgehead atoms. The standard InChI is InChI=1S/C11H9ClN2OS/c1-2-5-14-10(15)8-6-7(12)3-4-9(8)13-11(14)16/h2-4,6H,1,5H2,(H,13,16). The Morgan fingerprint density at radius 3 is 3.00 bits per heavy atom. The van der Waals surface area contributed by atoms with E-state index in [-0.39, 0.29) is 5.56 Å². The van der Waals surface area contributed by atoms with Gasteiger partial charge < -0.3 is 4.98 Å². The van der Waals surface area contributed by atoms with Crippen molar-refractivity contribution in [1.82, 2.24) is 9.55 Å². The molecule has 2 aromatic rings. The molecule has 5 heteroatoms. The molecule has 0 amide bonds. The van der Waals surface area contributed by atoms with Crippen LogP contribution in [0.1, 0.15) is 0 Å². The molecule has 16 heavy (non-hydrogen) atoms. The maximum absolute atomic E-state index is 12.1. The Hall–Kier alpha value is -1.39. The van der Waals surface area contributed by atoms with Gasteiger partial charge in [0.05, 0.1) is 10.9 Å². The van der Waals surface area contributed by atoms with Crippen molar-refractivity contribution in [1.29, 1.82) is 0 Å². The predicted octanol–water partition coefficient (Wildman–Crippen LogP) is 2.90. The summed E-state index contributed by atoms with van der Waals surface area (Å²) >= 11 is 10.9. The van der Waals surface area contributed by atoms with Crippen molar-refractivity contribution >= 4 is 34.7 Å². The number of halogens is 1. The van der Waals surface area contributed by atoms with Gasteiger partial charge in [0.15, 0.2) is 4.77 Å². The lowest BCUT2D eigenvalue weighted by molar-refractivity contribution is 0.753. The van der Waals surface area contributed by atoms with Crippen LogP contribution >= 0.6 is 23.8 Å². The molecule has 1 aromatic carbocycles. The second-order valence-electron chi connectivity index (χ2n) is 3.32. The molecule has 0 aliphatic carbocycles. The van der Waals surface area contributed by atoms with E-state index >= 15 is 0 Å². The van der Waals surface area contributed by atoms with Crippen molar-refractivity contribution < 1.29 is 0 Å². The minimum Gasteiger partial charge on any atom is -0.332 e. The zero-order valence-electron chi connectivity index (χ0n) is 8.37. The molecule has 0 atom stereocenters. The van der Waals surface area contributed by atoms with Gasteiger partial charge in [-0.1, -0.05) is 17.7 Å². The maximum atomic E-state index is 12.1. The lowest BCUT2D eigenvalue weighted by atomic mass is 10.2. The van der Waals surface area contributed by atoms with Crippen LogP contribution in [0.5, 0.6) is 0 Å². The summed E-state index contributed by atoms with van der Waals surface area (Å²) in [6.45, 7) is 3.98. The lowest BCUT2D eigenvalue weighted by Gasteiger charge is -2.05. The molecule has 0 fully saturated rings. The number of hydrogen-bond acceptors (Lipinski definition) is 2. The van der Waals surface area contributed by atoms with Crippen LogP contribution in [0.2, 0.25) is 5.02 Å². The van der Waals surface area contributed by atoms with Gasteiger partial charge in [-0.25, -0.2) is 0 Å². The van der Waals surface area contributed by atoms with E-state index in [4.69, 9.17) is 23.8 Å². The fourth-order valence-corrected chi connectivity index (χ4v) is 1.96. The third kappa shape index (κ3) is 1.81. The van der Waals surface area contributed by atoms with E-state index in [0.717, 1.165) is 0 Å². The van der Waals surface area contributed by atoms with E-state index in [1.165, 1.54) is 4.57 Å². The topological polar surface area (TPSA) is 37.8 Å². The van der Waals surface area contributed by atoms with Gasteiger partial charge >= 0.3 is 0 Å². The predicted molar refractivity (Wildman–Crippen MR) is 68.6 cm³/mol. The van der Waals surface area contributed by atoms with Crippen molar-refractivity contribution in [3.8, 4) is 0 Å². The van der Waals surface area contributed by atoms with Gasteiger partial charge in [0.2, 0.25) is 0 Å². The number of allylic oxidation sites excluding steroid dienone is 1. The normalized spacial score (nSPS) is 10.6. The van der Waals surface area contributed by atoms with Gasteiger partial charge in [-0.15, -0.1) is 6.58 Å². The first kappa shape index (κ1) is 11.1. The van der Waals surface area contributed by atoms with E-state index in [0.29, 0.717) is 27.2 Å². The Kier molecular flexibility index (Phi) is 2.94. The van der Waals surface area contributed by atoms with E-state index < -0.39 is 0 Å². The van der Waals surface area contributed by atoms with Crippen molar-refractivity contribution in [2.45, 2.75) is 6.54 Å². The quantitative estimate of drug-likeness (QED) is 0.659. The fourth-order valence-electron chi connectivity index (χ4n) is 1.52. The van der Waals surface area contributed by atoms with Gasteiger partial charge in [0, 0.05) is 11.6 Å². The second kappa shape index (κ2) is 4.23. The average Bonchev–Trinajstić information content (AvgIpc) is 2.26. The van der Waals surface area contributed by atoms with Crippen molar-refractivity contribution in [2.24, 2.45) is 0 Å². The van der Waals surface area contributed by atoms with Crippen molar-refractivity contribution in [3.05, 3.63) is 51.0 Å². The van der Waals surface area contributed by atoms with Crippen LogP contribution in [0.15, 0.2) is 35.6 Å². The van der Waals surface area contributed by atoms with Gasteiger partial charge in [-0.3, -0.25) is 9.36 Å². The van der Waals surface area contributed by atoms with E-state index in [9.17, 15) is 4.79 Å². The highest BCUT2D eigenvalue weighted by atomic mass is 35.5. The second-order valence-corrected chi connectivity index (χ2v) is 4.15. The summed E-state index contributed by atoms with van der Waals surface area (Å²) < 4.78 is 1.83. The first-order valence-electron chi connectivity index (χ1n) is 4.67. The maximum Gasteiger partial charge on any atom is 0.262 e. The zero-order chi connectivity index (χ0) is 11.7. The number of fused-ring (bicyclic) bond motifs is 1. The summed E-state index contributed by atoms with van der Waals surface area (Å²) in [5, 5.41) is 1.06. The molecule has 0 aliphatic heterocycles. The van der Waals surface area contributed by atoms with Gasteiger partial charge in [0.1, 0.15) is 0 Å². The summed E-state index contributed by atoms with van der Waals surface area (Å²) in [5.41, 5.74) is 0.542. The number of aromatic amines is 1. The fraction of sp³-hybridized carbons (Fsp3) is 0.0909. The molecule has 1 aromatic heterocycles. The largest absolute Gasteiger partial charge is 0.332 e. The van der Waals surface area contributed by atoms with Gasteiger partial charge in [0.25, 0.3) is 5.56 Å². The molecular formula is C11H9ClN2OS. The van der Waals surface area contributed by atoms with Gasteiger partial charge in [-0.2, -0.15) is 0 Å². The molecule has 0 spiro atoms. The molecule has 0 aliphatic rings. The van der Waals surface area contributed by atoms with Crippen LogP contribution < -0.4 is 5.56 Å². The molecule has 82 valence electrons. The first-order valence-corrected chi connectivity index (χ1v) is 5.45. The summed E-state index contributed by atoms with van der Waals surface area (Å²) in [7, 11) is 0. The minimum absolute atomic E-state index is 0.152. The average molecular weight is 253 g/mol. The lowest BCUT2D eigenvalue weighted by Crippen LogP contribution is -2.21. The first-order chi connectivity index (χ1) is 7.63. The Labute approximate surface area is 102 Å². The van der Waals surface area contributed by atoms with Crippen LogP contribution in [0.3, 0.4) is 0 Å². The van der Waals surface area contributed by atoms with Crippen LogP contribution in [0, 0.1) is 4.77 Å². The van der Waals surface area contributed by atoms with Crippen LogP contribution in [-0.4, -0.2) is 9.55 Å². The molecule has 0 unspecified atom stereocenters. The van der Waals surface area contributed by atoms with Crippen molar-refractivity contribution in [3.63, 3.8) is 0 Å². The Bertz CT molecular complexity index is 672. The highest BCUT2D eigenvalue weighted by Crippen LogP contribution is 2.14. The third-order valence-corrected chi connectivity index (χ3v) is 2.81. The summed E-state index contributed by atoms with van der Waals surface area (Å²) in [4.78, 5) is 15.0. The number of benzene rings is 1. The molecule has 0 saturated heterocycles. The number of hydrogen-bond donors (Lipinski definition) is 1. The van der Waals surface area contributed by atoms with Crippen LogP contribution in [-0.2, 0) is 6.54 Å². The molecule has 1 N–H and O–H groups in total. The van der Waals surface area contributed by atoms with Crippen molar-refractivity contribution in [2.75, 3.05) is 0 Å². The Morgan fingerprint density at radius 1 is 1.56 bits per heavy atom. The SMILES string of the molecule is C=CCn1c(=S)[nH]c2ccc(Cl)cc2c1=O. The highest BCUT2D eigenvalue weighted by molar-refractivity contribution is 7.71. The smallest absolute Gasteiger partial charge is 0.262 e. The number of H-pyrrole nitrogens is 1. The third-order valence-electron chi connectivity index (χ3n) is 2.26. The van der Waals surface area contributed by atoms with Gasteiger partial charge in [-0.05, 0) is 30.4 Å². The highest BCUT2D eigenvalue weighted by Gasteiger charge is 2.04. The van der Waals surface area contributed by atoms with Crippen LogP contribution in [0.4, 0.5) is 0 Å². The monoisotopic (exact) mass is 252 g/mol. The van der Waals surface area contributed by atoms with E-state index in [2.05, 4.69) is 11.6 Å². The number of aromatic nitrogens is 2. The Balaban J connectivity index is 2.90. The summed E-state index contributed by atoms with van der Waals surface area (Å²) in [5.74, 6) is 0. The van der Waals surface area contributed by atoms with E-state index in [1.807, 2.05) is 0 Å². The zero-order valence-corrected chi connectivity index (χ0v) is 9.94. The molecule has 0 radical (unpaired) electrons. The van der Waals surface area contributed by atoms with Crippen LogP contribution in [0.25, 0.3) is 10.9 Å². The molecule has 0 saturated carbocycles. The summed E-state index contributed by atoms with van der Waals surface area (Å²) in [6, 6.07) is 5.09.